The highest BCUT2D eigenvalue weighted by Gasteiger charge is 2.07. The average molecular weight is 377 g/mol. The van der Waals surface area contributed by atoms with E-state index in [1.165, 1.54) is 11.8 Å². The predicted octanol–water partition coefficient (Wildman–Crippen LogP) is 4.81. The van der Waals surface area contributed by atoms with Crippen molar-refractivity contribution < 1.29 is 9.59 Å². The molecule has 0 aliphatic heterocycles. The summed E-state index contributed by atoms with van der Waals surface area (Å²) in [5.74, 6) is 0.920. The largest absolute Gasteiger partial charge is 0.326 e. The molecule has 0 atom stereocenters. The molecule has 0 heterocycles. The van der Waals surface area contributed by atoms with E-state index in [2.05, 4.69) is 10.6 Å². The molecule has 4 nitrogen and oxygen atoms in total. The molecule has 0 radical (unpaired) electrons. The van der Waals surface area contributed by atoms with Crippen LogP contribution in [-0.4, -0.2) is 17.6 Å². The van der Waals surface area contributed by atoms with Crippen molar-refractivity contribution in [2.24, 2.45) is 5.92 Å². The second-order valence-electron chi connectivity index (χ2n) is 5.89. The Bertz CT molecular complexity index is 732. The molecule has 0 spiro atoms. The summed E-state index contributed by atoms with van der Waals surface area (Å²) in [5, 5.41) is 6.36. The van der Waals surface area contributed by atoms with Gasteiger partial charge in [-0.1, -0.05) is 37.6 Å². The van der Waals surface area contributed by atoms with Gasteiger partial charge in [-0.05, 0) is 42.0 Å². The summed E-state index contributed by atoms with van der Waals surface area (Å²) in [7, 11) is 0. The van der Waals surface area contributed by atoms with Gasteiger partial charge in [0, 0.05) is 28.1 Å². The fourth-order valence-electron chi connectivity index (χ4n) is 2.01. The van der Waals surface area contributed by atoms with Crippen LogP contribution in [0.4, 0.5) is 11.4 Å². The maximum Gasteiger partial charge on any atom is 0.234 e. The summed E-state index contributed by atoms with van der Waals surface area (Å²) in [4.78, 5) is 23.6. The molecule has 25 heavy (non-hydrogen) atoms. The Kier molecular flexibility index (Phi) is 7.34. The molecule has 0 aliphatic rings. The Morgan fingerprint density at radius 1 is 1.04 bits per heavy atom. The molecule has 2 aromatic carbocycles. The molecule has 0 saturated heterocycles. The molecule has 0 aliphatic carbocycles. The zero-order valence-electron chi connectivity index (χ0n) is 14.2. The van der Waals surface area contributed by atoms with Crippen molar-refractivity contribution in [3.63, 3.8) is 0 Å². The molecule has 2 aromatic rings. The molecular weight excluding hydrogens is 356 g/mol. The van der Waals surface area contributed by atoms with E-state index in [-0.39, 0.29) is 17.7 Å². The third-order valence-electron chi connectivity index (χ3n) is 3.35. The van der Waals surface area contributed by atoms with E-state index in [1.807, 2.05) is 38.1 Å². The van der Waals surface area contributed by atoms with Crippen LogP contribution in [0.5, 0.6) is 0 Å². The van der Waals surface area contributed by atoms with Crippen LogP contribution in [0.15, 0.2) is 48.5 Å². The number of amides is 2. The number of thioether (sulfide) groups is 1. The van der Waals surface area contributed by atoms with Gasteiger partial charge in [-0.2, -0.15) is 0 Å². The molecular formula is C19H21ClN2O2S. The molecule has 132 valence electrons. The first-order chi connectivity index (χ1) is 11.9. The lowest BCUT2D eigenvalue weighted by Crippen LogP contribution is -2.18. The average Bonchev–Trinajstić information content (AvgIpc) is 2.56. The van der Waals surface area contributed by atoms with Gasteiger partial charge >= 0.3 is 0 Å². The summed E-state index contributed by atoms with van der Waals surface area (Å²) < 4.78 is 0. The number of hydrogen-bond donors (Lipinski definition) is 2. The number of halogens is 1. The van der Waals surface area contributed by atoms with E-state index in [9.17, 15) is 9.59 Å². The van der Waals surface area contributed by atoms with Gasteiger partial charge in [-0.25, -0.2) is 0 Å². The Balaban J connectivity index is 1.77. The minimum Gasteiger partial charge on any atom is -0.326 e. The fraction of sp³-hybridized carbons (Fsp3) is 0.263. The van der Waals surface area contributed by atoms with Gasteiger partial charge in [0.2, 0.25) is 11.8 Å². The van der Waals surface area contributed by atoms with E-state index in [0.29, 0.717) is 22.2 Å². The zero-order valence-corrected chi connectivity index (χ0v) is 15.8. The number of nitrogens with one attached hydrogen (secondary N) is 2. The standard InChI is InChI=1S/C19H21ClN2O2S/c1-13(2)19(24)22-17-8-6-16(7-9-17)21-18(23)12-25-11-14-4-3-5-15(20)10-14/h3-10,13H,11-12H2,1-2H3,(H,21,23)(H,22,24). The van der Waals surface area contributed by atoms with Crippen molar-refractivity contribution in [2.45, 2.75) is 19.6 Å². The maximum absolute atomic E-state index is 12.0. The monoisotopic (exact) mass is 376 g/mol. The molecule has 0 aromatic heterocycles. The number of carbonyl (C=O) groups excluding carboxylic acids is 2. The molecule has 2 rings (SSSR count). The molecule has 0 bridgehead atoms. The minimum atomic E-state index is -0.0732. The lowest BCUT2D eigenvalue weighted by atomic mass is 10.2. The van der Waals surface area contributed by atoms with Crippen LogP contribution in [-0.2, 0) is 15.3 Å². The highest BCUT2D eigenvalue weighted by atomic mass is 35.5. The number of rotatable bonds is 7. The lowest BCUT2D eigenvalue weighted by molar-refractivity contribution is -0.119. The van der Waals surface area contributed by atoms with E-state index < -0.39 is 0 Å². The van der Waals surface area contributed by atoms with E-state index >= 15 is 0 Å². The fourth-order valence-corrected chi connectivity index (χ4v) is 3.00. The molecule has 0 fully saturated rings. The lowest BCUT2D eigenvalue weighted by Gasteiger charge is -2.09. The predicted molar refractivity (Wildman–Crippen MR) is 106 cm³/mol. The van der Waals surface area contributed by atoms with Gasteiger partial charge in [0.15, 0.2) is 0 Å². The molecule has 2 N–H and O–H groups in total. The number of anilines is 2. The van der Waals surface area contributed by atoms with Crippen LogP contribution < -0.4 is 10.6 Å². The summed E-state index contributed by atoms with van der Waals surface area (Å²) in [5.41, 5.74) is 2.51. The van der Waals surface area contributed by atoms with Crippen molar-refractivity contribution in [3.8, 4) is 0 Å². The van der Waals surface area contributed by atoms with Crippen LogP contribution in [0.25, 0.3) is 0 Å². The Labute approximate surface area is 157 Å². The molecule has 0 saturated carbocycles. The van der Waals surface area contributed by atoms with Gasteiger partial charge in [-0.3, -0.25) is 9.59 Å². The topological polar surface area (TPSA) is 58.2 Å². The van der Waals surface area contributed by atoms with Crippen molar-refractivity contribution in [3.05, 3.63) is 59.1 Å². The van der Waals surface area contributed by atoms with Crippen LogP contribution in [0, 0.1) is 5.92 Å². The van der Waals surface area contributed by atoms with Crippen molar-refractivity contribution >= 4 is 46.6 Å². The van der Waals surface area contributed by atoms with Gasteiger partial charge < -0.3 is 10.6 Å². The van der Waals surface area contributed by atoms with Crippen molar-refractivity contribution in [1.82, 2.24) is 0 Å². The first kappa shape index (κ1) is 19.3. The van der Waals surface area contributed by atoms with Gasteiger partial charge in [0.1, 0.15) is 0 Å². The van der Waals surface area contributed by atoms with Gasteiger partial charge in [0.25, 0.3) is 0 Å². The second-order valence-corrected chi connectivity index (χ2v) is 7.31. The van der Waals surface area contributed by atoms with Crippen LogP contribution in [0.2, 0.25) is 5.02 Å². The maximum atomic E-state index is 12.0. The third-order valence-corrected chi connectivity index (χ3v) is 4.59. The summed E-state index contributed by atoms with van der Waals surface area (Å²) in [6, 6.07) is 14.7. The van der Waals surface area contributed by atoms with E-state index in [1.54, 1.807) is 24.3 Å². The Morgan fingerprint density at radius 2 is 1.68 bits per heavy atom. The van der Waals surface area contributed by atoms with Crippen LogP contribution >= 0.6 is 23.4 Å². The van der Waals surface area contributed by atoms with E-state index in [4.69, 9.17) is 11.6 Å². The van der Waals surface area contributed by atoms with Crippen molar-refractivity contribution in [2.75, 3.05) is 16.4 Å². The van der Waals surface area contributed by atoms with Crippen LogP contribution in [0.3, 0.4) is 0 Å². The molecule has 6 heteroatoms. The highest BCUT2D eigenvalue weighted by Crippen LogP contribution is 2.18. The zero-order chi connectivity index (χ0) is 18.2. The SMILES string of the molecule is CC(C)C(=O)Nc1ccc(NC(=O)CSCc2cccc(Cl)c2)cc1. The van der Waals surface area contributed by atoms with Gasteiger partial charge in [-0.15, -0.1) is 11.8 Å². The van der Waals surface area contributed by atoms with Crippen LogP contribution in [0.1, 0.15) is 19.4 Å². The van der Waals surface area contributed by atoms with E-state index in [0.717, 1.165) is 11.3 Å². The Hall–Kier alpha value is -1.98. The minimum absolute atomic E-state index is 0.0331. The van der Waals surface area contributed by atoms with Gasteiger partial charge in [0.05, 0.1) is 5.75 Å². The smallest absolute Gasteiger partial charge is 0.234 e. The molecule has 2 amide bonds. The first-order valence-electron chi connectivity index (χ1n) is 7.97. The van der Waals surface area contributed by atoms with Crippen molar-refractivity contribution in [1.29, 1.82) is 0 Å². The number of benzene rings is 2. The third kappa shape index (κ3) is 6.80. The normalized spacial score (nSPS) is 10.6. The highest BCUT2D eigenvalue weighted by molar-refractivity contribution is 7.99. The number of hydrogen-bond acceptors (Lipinski definition) is 3. The first-order valence-corrected chi connectivity index (χ1v) is 9.50. The summed E-state index contributed by atoms with van der Waals surface area (Å²) in [6.07, 6.45) is 0. The summed E-state index contributed by atoms with van der Waals surface area (Å²) >= 11 is 7.47. The molecule has 0 unspecified atom stereocenters. The second kappa shape index (κ2) is 9.49. The Morgan fingerprint density at radius 3 is 2.28 bits per heavy atom. The summed E-state index contributed by atoms with van der Waals surface area (Å²) in [6.45, 7) is 3.68. The number of carbonyl (C=O) groups is 2. The quantitative estimate of drug-likeness (QED) is 0.729.